The smallest absolute Gasteiger partial charge is 0.315 e. The van der Waals surface area contributed by atoms with E-state index in [1.54, 1.807) is 0 Å². The number of thioether (sulfide) groups is 2. The maximum absolute atomic E-state index is 13.0. The maximum Gasteiger partial charge on any atom is 0.315 e. The summed E-state index contributed by atoms with van der Waals surface area (Å²) in [6, 6.07) is 7.12. The number of fused-ring (bicyclic) bond motifs is 1. The zero-order chi connectivity index (χ0) is 25.2. The third-order valence-electron chi connectivity index (χ3n) is 6.91. The van der Waals surface area contributed by atoms with Crippen LogP contribution in [0.2, 0.25) is 0 Å². The summed E-state index contributed by atoms with van der Waals surface area (Å²) in [6.45, 7) is 14.5. The fraction of sp³-hybridized carbons (Fsp3) is 0.571. The molecule has 0 aromatic heterocycles. The van der Waals surface area contributed by atoms with Crippen molar-refractivity contribution in [2.24, 2.45) is 0 Å². The molecule has 190 valence electrons. The molecular weight excluding hydrogens is 474 g/mol. The van der Waals surface area contributed by atoms with Gasteiger partial charge in [0.1, 0.15) is 0 Å². The van der Waals surface area contributed by atoms with Gasteiger partial charge in [-0.3, -0.25) is 4.79 Å². The van der Waals surface area contributed by atoms with E-state index in [1.807, 2.05) is 28.4 Å². The first-order chi connectivity index (χ1) is 16.6. The summed E-state index contributed by atoms with van der Waals surface area (Å²) in [6.07, 6.45) is 6.61. The molecule has 7 heteroatoms. The van der Waals surface area contributed by atoms with Crippen molar-refractivity contribution in [3.63, 3.8) is 0 Å². The first kappa shape index (κ1) is 26.2. The van der Waals surface area contributed by atoms with Crippen LogP contribution in [-0.4, -0.2) is 57.8 Å². The Balaban J connectivity index is 1.28. The van der Waals surface area contributed by atoms with E-state index in [-0.39, 0.29) is 28.8 Å². The van der Waals surface area contributed by atoms with E-state index in [0.29, 0.717) is 18.2 Å². The molecular formula is C28H39N3O2S2. The van der Waals surface area contributed by atoms with Gasteiger partial charge in [0.05, 0.1) is 12.1 Å². The largest absolute Gasteiger partial charge is 0.338 e. The first-order valence-electron chi connectivity index (χ1n) is 12.7. The van der Waals surface area contributed by atoms with Crippen LogP contribution in [0.25, 0.3) is 6.08 Å². The highest BCUT2D eigenvalue weighted by molar-refractivity contribution is 8.00. The summed E-state index contributed by atoms with van der Waals surface area (Å²) in [4.78, 5) is 27.8. The number of likely N-dealkylation sites (tertiary alicyclic amines) is 1. The van der Waals surface area contributed by atoms with Crippen LogP contribution in [0.3, 0.4) is 0 Å². The van der Waals surface area contributed by atoms with E-state index in [4.69, 9.17) is 0 Å². The minimum Gasteiger partial charge on any atom is -0.338 e. The summed E-state index contributed by atoms with van der Waals surface area (Å²) in [5.74, 6) is 1.22. The maximum atomic E-state index is 13.0. The monoisotopic (exact) mass is 513 g/mol. The van der Waals surface area contributed by atoms with Gasteiger partial charge >= 0.3 is 6.03 Å². The lowest BCUT2D eigenvalue weighted by molar-refractivity contribution is -0.131. The second kappa shape index (κ2) is 11.0. The molecule has 3 atom stereocenters. The molecule has 0 saturated carbocycles. The summed E-state index contributed by atoms with van der Waals surface area (Å²) in [5, 5.41) is 6.50. The highest BCUT2D eigenvalue weighted by Gasteiger charge is 2.42. The number of hydrogen-bond acceptors (Lipinski definition) is 4. The van der Waals surface area contributed by atoms with Gasteiger partial charge in [-0.05, 0) is 66.7 Å². The summed E-state index contributed by atoms with van der Waals surface area (Å²) < 4.78 is 0.187. The number of aryl methyl sites for hydroxylation is 1. The van der Waals surface area contributed by atoms with Crippen molar-refractivity contribution >= 4 is 41.5 Å². The molecule has 2 unspecified atom stereocenters. The topological polar surface area (TPSA) is 61.4 Å². The van der Waals surface area contributed by atoms with E-state index in [2.05, 4.69) is 69.2 Å². The summed E-state index contributed by atoms with van der Waals surface area (Å²) >= 11 is 3.82. The van der Waals surface area contributed by atoms with Crippen molar-refractivity contribution in [1.82, 2.24) is 15.5 Å². The Bertz CT molecular complexity index is 1010. The fourth-order valence-corrected chi connectivity index (χ4v) is 7.65. The molecule has 0 radical (unpaired) electrons. The van der Waals surface area contributed by atoms with E-state index in [9.17, 15) is 9.59 Å². The Hall–Kier alpha value is -1.86. The second-order valence-electron chi connectivity index (χ2n) is 10.9. The molecule has 3 saturated heterocycles. The van der Waals surface area contributed by atoms with Crippen LogP contribution < -0.4 is 10.6 Å². The van der Waals surface area contributed by atoms with Crippen molar-refractivity contribution in [3.8, 4) is 0 Å². The molecule has 35 heavy (non-hydrogen) atoms. The quantitative estimate of drug-likeness (QED) is 0.275. The molecule has 1 aromatic carbocycles. The summed E-state index contributed by atoms with van der Waals surface area (Å²) in [5.41, 5.74) is 4.77. The van der Waals surface area contributed by atoms with Gasteiger partial charge in [-0.25, -0.2) is 4.79 Å². The Labute approximate surface area is 218 Å². The molecule has 3 amide bonds. The SMILES string of the molecule is C=C1CCN(C(=O)CCCC[C@@H]2SCC3NC(=O)NC32)C/C1=C/c1ccc(SC(C)(C)C)cc1C. The van der Waals surface area contributed by atoms with Gasteiger partial charge in [0.2, 0.25) is 5.91 Å². The normalized spacial score (nSPS) is 25.5. The number of rotatable bonds is 7. The highest BCUT2D eigenvalue weighted by atomic mass is 32.2. The van der Waals surface area contributed by atoms with Gasteiger partial charge in [-0.15, -0.1) is 11.8 Å². The lowest BCUT2D eigenvalue weighted by Crippen LogP contribution is -2.37. The average Bonchev–Trinajstić information content (AvgIpc) is 3.32. The van der Waals surface area contributed by atoms with Gasteiger partial charge in [-0.2, -0.15) is 11.8 Å². The van der Waals surface area contributed by atoms with Crippen LogP contribution >= 0.6 is 23.5 Å². The third-order valence-corrected chi connectivity index (χ3v) is 9.52. The van der Waals surface area contributed by atoms with E-state index < -0.39 is 0 Å². The molecule has 3 heterocycles. The predicted octanol–water partition coefficient (Wildman–Crippen LogP) is 5.78. The van der Waals surface area contributed by atoms with Crippen molar-refractivity contribution in [2.45, 2.75) is 86.8 Å². The number of benzene rings is 1. The minimum absolute atomic E-state index is 0.0362. The number of urea groups is 1. The average molecular weight is 514 g/mol. The lowest BCUT2D eigenvalue weighted by atomic mass is 9.95. The van der Waals surface area contributed by atoms with Crippen LogP contribution in [0.5, 0.6) is 0 Å². The van der Waals surface area contributed by atoms with Gasteiger partial charge in [0.25, 0.3) is 0 Å². The second-order valence-corrected chi connectivity index (χ2v) is 14.1. The van der Waals surface area contributed by atoms with E-state index in [1.165, 1.54) is 21.6 Å². The molecule has 0 aliphatic carbocycles. The minimum atomic E-state index is -0.0362. The zero-order valence-corrected chi connectivity index (χ0v) is 23.1. The van der Waals surface area contributed by atoms with Crippen LogP contribution in [0, 0.1) is 6.92 Å². The molecule has 4 rings (SSSR count). The number of piperidine rings is 1. The van der Waals surface area contributed by atoms with Gasteiger partial charge in [-0.1, -0.05) is 39.8 Å². The Morgan fingerprint density at radius 3 is 2.83 bits per heavy atom. The Morgan fingerprint density at radius 1 is 1.29 bits per heavy atom. The van der Waals surface area contributed by atoms with Crippen LogP contribution in [0.1, 0.15) is 64.0 Å². The van der Waals surface area contributed by atoms with Crippen LogP contribution in [-0.2, 0) is 4.79 Å². The molecule has 3 aliphatic heterocycles. The molecule has 2 N–H and O–H groups in total. The lowest BCUT2D eigenvalue weighted by Gasteiger charge is -2.30. The Kier molecular flexibility index (Phi) is 8.26. The van der Waals surface area contributed by atoms with Gasteiger partial charge < -0.3 is 15.5 Å². The number of carbonyl (C=O) groups excluding carboxylic acids is 2. The van der Waals surface area contributed by atoms with Crippen molar-refractivity contribution in [1.29, 1.82) is 0 Å². The zero-order valence-electron chi connectivity index (χ0n) is 21.5. The molecule has 1 aromatic rings. The number of hydrogen-bond donors (Lipinski definition) is 2. The van der Waals surface area contributed by atoms with Crippen molar-refractivity contribution < 1.29 is 9.59 Å². The fourth-order valence-electron chi connectivity index (χ4n) is 5.03. The van der Waals surface area contributed by atoms with E-state index >= 15 is 0 Å². The van der Waals surface area contributed by atoms with Gasteiger partial charge in [0.15, 0.2) is 0 Å². The van der Waals surface area contributed by atoms with Crippen LogP contribution in [0.15, 0.2) is 40.8 Å². The van der Waals surface area contributed by atoms with Crippen LogP contribution in [0.4, 0.5) is 4.79 Å². The van der Waals surface area contributed by atoms with E-state index in [0.717, 1.165) is 43.6 Å². The van der Waals surface area contributed by atoms with Crippen molar-refractivity contribution in [3.05, 3.63) is 47.1 Å². The summed E-state index contributed by atoms with van der Waals surface area (Å²) in [7, 11) is 0. The highest BCUT2D eigenvalue weighted by Crippen LogP contribution is 2.35. The number of unbranched alkanes of at least 4 members (excludes halogenated alkanes) is 1. The Morgan fingerprint density at radius 2 is 2.09 bits per heavy atom. The number of carbonyl (C=O) groups is 2. The standard InChI is InChI=1S/C28H39N3O2S2/c1-18-12-13-31(16-21(18)15-20-10-11-22(14-19(20)2)35-28(3,4)5)25(32)9-7-6-8-24-26-23(17-34-24)29-27(33)30-26/h10-11,14-15,23-24,26H,1,6-9,12-13,16-17H2,2-5H3,(H2,29,30,33)/b21-15-/t23?,24-,26?/m0/s1. The predicted molar refractivity (Wildman–Crippen MR) is 149 cm³/mol. The van der Waals surface area contributed by atoms with Crippen molar-refractivity contribution in [2.75, 3.05) is 18.8 Å². The number of amides is 3. The third kappa shape index (κ3) is 6.88. The number of nitrogens with zero attached hydrogens (tertiary/aromatic N) is 1. The molecule has 0 spiro atoms. The molecule has 3 fully saturated rings. The molecule has 3 aliphatic rings. The number of nitrogens with one attached hydrogen (secondary N) is 2. The molecule has 5 nitrogen and oxygen atoms in total. The van der Waals surface area contributed by atoms with Gasteiger partial charge in [0, 0.05) is 40.2 Å². The first-order valence-corrected chi connectivity index (χ1v) is 14.6. The molecule has 0 bridgehead atoms.